The van der Waals surface area contributed by atoms with Gasteiger partial charge in [-0.15, -0.1) is 0 Å². The van der Waals surface area contributed by atoms with Gasteiger partial charge in [-0.2, -0.15) is 0 Å². The molecule has 0 aromatic heterocycles. The Morgan fingerprint density at radius 3 is 2.88 bits per heavy atom. The number of fused-ring (bicyclic) bond motifs is 3. The van der Waals surface area contributed by atoms with Crippen LogP contribution in [0.25, 0.3) is 0 Å². The topological polar surface area (TPSA) is 26.0 Å². The Hall–Kier alpha value is -1.08. The standard InChI is InChI=1S/C16H21N/c1-10(2)9-14(17)16-13-8-7-11-5-3-4-6-12(11)15(13)16/h3-6,9,13-16H,7-8,17H2,1-2H3. The summed E-state index contributed by atoms with van der Waals surface area (Å²) in [6, 6.07) is 9.17. The van der Waals surface area contributed by atoms with Crippen molar-refractivity contribution in [3.63, 3.8) is 0 Å². The zero-order valence-corrected chi connectivity index (χ0v) is 10.7. The van der Waals surface area contributed by atoms with Gasteiger partial charge in [0.2, 0.25) is 0 Å². The molecule has 1 nitrogen and oxygen atoms in total. The van der Waals surface area contributed by atoms with Crippen LogP contribution in [0.5, 0.6) is 0 Å². The van der Waals surface area contributed by atoms with Gasteiger partial charge in [0.1, 0.15) is 0 Å². The Morgan fingerprint density at radius 2 is 2.12 bits per heavy atom. The summed E-state index contributed by atoms with van der Waals surface area (Å²) in [4.78, 5) is 0. The van der Waals surface area contributed by atoms with E-state index in [-0.39, 0.29) is 6.04 Å². The summed E-state index contributed by atoms with van der Waals surface area (Å²) in [6.07, 6.45) is 4.82. The first kappa shape index (κ1) is 11.0. The zero-order chi connectivity index (χ0) is 12.0. The molecule has 1 heteroatoms. The van der Waals surface area contributed by atoms with Gasteiger partial charge in [-0.1, -0.05) is 35.9 Å². The van der Waals surface area contributed by atoms with Crippen molar-refractivity contribution in [1.82, 2.24) is 0 Å². The molecule has 2 N–H and O–H groups in total. The average Bonchev–Trinajstić information content (AvgIpc) is 3.02. The minimum Gasteiger partial charge on any atom is -0.324 e. The van der Waals surface area contributed by atoms with Crippen LogP contribution in [0, 0.1) is 11.8 Å². The molecule has 1 saturated carbocycles. The Balaban J connectivity index is 1.85. The van der Waals surface area contributed by atoms with E-state index in [9.17, 15) is 0 Å². The van der Waals surface area contributed by atoms with E-state index in [1.54, 1.807) is 11.1 Å². The van der Waals surface area contributed by atoms with Crippen molar-refractivity contribution in [2.75, 3.05) is 0 Å². The van der Waals surface area contributed by atoms with Crippen LogP contribution in [0.3, 0.4) is 0 Å². The summed E-state index contributed by atoms with van der Waals surface area (Å²) in [7, 11) is 0. The number of hydrogen-bond donors (Lipinski definition) is 1. The third-order valence-corrected chi connectivity index (χ3v) is 4.36. The fourth-order valence-corrected chi connectivity index (χ4v) is 3.64. The highest BCUT2D eigenvalue weighted by atomic mass is 14.7. The second kappa shape index (κ2) is 3.99. The number of nitrogens with two attached hydrogens (primary N) is 1. The molecule has 0 saturated heterocycles. The molecule has 4 atom stereocenters. The van der Waals surface area contributed by atoms with E-state index in [0.29, 0.717) is 5.92 Å². The smallest absolute Gasteiger partial charge is 0.0263 e. The molecule has 17 heavy (non-hydrogen) atoms. The van der Waals surface area contributed by atoms with Crippen molar-refractivity contribution in [3.05, 3.63) is 47.0 Å². The summed E-state index contributed by atoms with van der Waals surface area (Å²) in [5, 5.41) is 0. The second-order valence-electron chi connectivity index (χ2n) is 5.83. The van der Waals surface area contributed by atoms with Crippen LogP contribution in [0.2, 0.25) is 0 Å². The normalized spacial score (nSPS) is 31.1. The molecule has 2 aliphatic rings. The number of rotatable bonds is 2. The Labute approximate surface area is 104 Å². The third-order valence-electron chi connectivity index (χ3n) is 4.36. The lowest BCUT2D eigenvalue weighted by atomic mass is 9.92. The fraction of sp³-hybridized carbons (Fsp3) is 0.500. The molecule has 2 aliphatic carbocycles. The Bertz CT molecular complexity index is 456. The molecular formula is C16H21N. The highest BCUT2D eigenvalue weighted by Gasteiger charge is 2.54. The van der Waals surface area contributed by atoms with Crippen LogP contribution in [0.4, 0.5) is 0 Å². The maximum atomic E-state index is 6.32. The minimum absolute atomic E-state index is 0.251. The van der Waals surface area contributed by atoms with Crippen molar-refractivity contribution >= 4 is 0 Å². The quantitative estimate of drug-likeness (QED) is 0.771. The van der Waals surface area contributed by atoms with E-state index in [1.165, 1.54) is 18.4 Å². The minimum atomic E-state index is 0.251. The van der Waals surface area contributed by atoms with Gasteiger partial charge < -0.3 is 5.73 Å². The summed E-state index contributed by atoms with van der Waals surface area (Å²) < 4.78 is 0. The Kier molecular flexibility index (Phi) is 2.59. The van der Waals surface area contributed by atoms with Crippen LogP contribution in [-0.2, 0) is 6.42 Å². The van der Waals surface area contributed by atoms with E-state index >= 15 is 0 Å². The number of hydrogen-bond acceptors (Lipinski definition) is 1. The zero-order valence-electron chi connectivity index (χ0n) is 10.7. The van der Waals surface area contributed by atoms with E-state index in [4.69, 9.17) is 5.73 Å². The summed E-state index contributed by atoms with van der Waals surface area (Å²) in [5.41, 5.74) is 10.8. The van der Waals surface area contributed by atoms with E-state index in [2.05, 4.69) is 44.2 Å². The molecule has 3 rings (SSSR count). The molecule has 0 bridgehead atoms. The third kappa shape index (κ3) is 1.83. The molecule has 0 aliphatic heterocycles. The Morgan fingerprint density at radius 1 is 1.35 bits per heavy atom. The first-order valence-corrected chi connectivity index (χ1v) is 6.67. The molecule has 90 valence electrons. The van der Waals surface area contributed by atoms with Crippen molar-refractivity contribution in [2.45, 2.75) is 38.6 Å². The number of allylic oxidation sites excluding steroid dienone is 1. The monoisotopic (exact) mass is 227 g/mol. The van der Waals surface area contributed by atoms with Crippen molar-refractivity contribution < 1.29 is 0 Å². The molecule has 1 fully saturated rings. The van der Waals surface area contributed by atoms with Gasteiger partial charge in [-0.3, -0.25) is 0 Å². The predicted octanol–water partition coefficient (Wildman–Crippen LogP) is 3.26. The second-order valence-corrected chi connectivity index (χ2v) is 5.83. The molecule has 0 amide bonds. The van der Waals surface area contributed by atoms with Gasteiger partial charge in [0.05, 0.1) is 0 Å². The van der Waals surface area contributed by atoms with Gasteiger partial charge in [-0.25, -0.2) is 0 Å². The van der Waals surface area contributed by atoms with Crippen molar-refractivity contribution in [2.24, 2.45) is 17.6 Å². The van der Waals surface area contributed by atoms with Crippen LogP contribution in [-0.4, -0.2) is 6.04 Å². The average molecular weight is 227 g/mol. The maximum Gasteiger partial charge on any atom is 0.0263 e. The highest BCUT2D eigenvalue weighted by Crippen LogP contribution is 2.61. The maximum absolute atomic E-state index is 6.32. The molecule has 1 aromatic carbocycles. The van der Waals surface area contributed by atoms with Crippen LogP contribution >= 0.6 is 0 Å². The largest absolute Gasteiger partial charge is 0.324 e. The molecular weight excluding hydrogens is 206 g/mol. The molecule has 0 spiro atoms. The predicted molar refractivity (Wildman–Crippen MR) is 71.9 cm³/mol. The van der Waals surface area contributed by atoms with E-state index in [0.717, 1.165) is 11.8 Å². The van der Waals surface area contributed by atoms with Gasteiger partial charge in [0.25, 0.3) is 0 Å². The lowest BCUT2D eigenvalue weighted by Gasteiger charge is -2.13. The van der Waals surface area contributed by atoms with Crippen LogP contribution < -0.4 is 5.73 Å². The van der Waals surface area contributed by atoms with Gasteiger partial charge in [-0.05, 0) is 55.6 Å². The van der Waals surface area contributed by atoms with Crippen LogP contribution in [0.15, 0.2) is 35.9 Å². The number of aryl methyl sites for hydroxylation is 1. The van der Waals surface area contributed by atoms with Gasteiger partial charge in [0.15, 0.2) is 0 Å². The molecule has 4 unspecified atom stereocenters. The fourth-order valence-electron chi connectivity index (χ4n) is 3.64. The molecule has 0 radical (unpaired) electrons. The van der Waals surface area contributed by atoms with E-state index in [1.807, 2.05) is 0 Å². The lowest BCUT2D eigenvalue weighted by Crippen LogP contribution is -2.21. The van der Waals surface area contributed by atoms with Crippen molar-refractivity contribution in [3.8, 4) is 0 Å². The summed E-state index contributed by atoms with van der Waals surface area (Å²) in [5.74, 6) is 2.27. The molecule has 1 aromatic rings. The SMILES string of the molecule is CC(C)=CC(N)C1C2CCc3ccccc3C21. The highest BCUT2D eigenvalue weighted by molar-refractivity contribution is 5.40. The summed E-state index contributed by atoms with van der Waals surface area (Å²) >= 11 is 0. The first-order valence-electron chi connectivity index (χ1n) is 6.67. The number of benzene rings is 1. The van der Waals surface area contributed by atoms with Crippen molar-refractivity contribution in [1.29, 1.82) is 0 Å². The van der Waals surface area contributed by atoms with E-state index < -0.39 is 0 Å². The van der Waals surface area contributed by atoms with Crippen LogP contribution in [0.1, 0.15) is 37.3 Å². The van der Waals surface area contributed by atoms with Gasteiger partial charge in [0, 0.05) is 6.04 Å². The van der Waals surface area contributed by atoms with Gasteiger partial charge >= 0.3 is 0 Å². The molecule has 0 heterocycles. The lowest BCUT2D eigenvalue weighted by molar-refractivity contribution is 0.595. The first-order chi connectivity index (χ1) is 8.18. The summed E-state index contributed by atoms with van der Waals surface area (Å²) in [6.45, 7) is 4.28.